The van der Waals surface area contributed by atoms with Crippen LogP contribution in [0.4, 0.5) is 0 Å². The summed E-state index contributed by atoms with van der Waals surface area (Å²) in [5, 5.41) is 0. The standard InChI is InChI=1S/C24H25N/c1-5-13-21(6-2)19(3)18-24(23-16-11-8-12-17-23)25-20(4)22-14-9-7-10-15-22/h5-19H,1-2H2,3-4H3/b21-13+,24-18-,25-20?/t19-/m0/s1. The van der Waals surface area contributed by atoms with Crippen molar-refractivity contribution in [2.75, 3.05) is 0 Å². The molecule has 0 saturated carbocycles. The van der Waals surface area contributed by atoms with Crippen molar-refractivity contribution in [3.8, 4) is 0 Å². The van der Waals surface area contributed by atoms with Gasteiger partial charge in [0.05, 0.1) is 5.70 Å². The first-order valence-corrected chi connectivity index (χ1v) is 8.48. The Morgan fingerprint density at radius 3 is 2.00 bits per heavy atom. The molecule has 0 spiro atoms. The Balaban J connectivity index is 2.47. The zero-order chi connectivity index (χ0) is 18.1. The molecule has 0 aliphatic heterocycles. The molecule has 1 nitrogen and oxygen atoms in total. The molecule has 0 amide bonds. The lowest BCUT2D eigenvalue weighted by atomic mass is 9.97. The summed E-state index contributed by atoms with van der Waals surface area (Å²) in [5.74, 6) is 0.193. The average Bonchev–Trinajstić information content (AvgIpc) is 2.66. The monoisotopic (exact) mass is 327 g/mol. The third-order valence-corrected chi connectivity index (χ3v) is 4.03. The van der Waals surface area contributed by atoms with E-state index in [0.29, 0.717) is 0 Å². The van der Waals surface area contributed by atoms with Crippen molar-refractivity contribution in [2.45, 2.75) is 13.8 Å². The SMILES string of the molecule is C=C/C=C(\C=C)[C@@H](C)/C=C(\N=C(C)c1ccccc1)c1ccccc1. The summed E-state index contributed by atoms with van der Waals surface area (Å²) in [5.41, 5.74) is 5.31. The summed E-state index contributed by atoms with van der Waals surface area (Å²) >= 11 is 0. The number of benzene rings is 2. The van der Waals surface area contributed by atoms with Crippen LogP contribution in [-0.4, -0.2) is 5.71 Å². The molecule has 0 heterocycles. The number of allylic oxidation sites excluding steroid dienone is 5. The minimum Gasteiger partial charge on any atom is -0.253 e. The lowest BCUT2D eigenvalue weighted by molar-refractivity contribution is 0.892. The molecule has 2 aromatic rings. The largest absolute Gasteiger partial charge is 0.253 e. The summed E-state index contributed by atoms with van der Waals surface area (Å²) in [6.07, 6.45) is 7.84. The van der Waals surface area contributed by atoms with Crippen LogP contribution >= 0.6 is 0 Å². The molecular formula is C24H25N. The Bertz CT molecular complexity index is 793. The lowest BCUT2D eigenvalue weighted by Gasteiger charge is -2.11. The van der Waals surface area contributed by atoms with Crippen molar-refractivity contribution >= 4 is 11.4 Å². The third kappa shape index (κ3) is 5.29. The second-order valence-electron chi connectivity index (χ2n) is 5.88. The molecule has 1 atom stereocenters. The summed E-state index contributed by atoms with van der Waals surface area (Å²) in [6, 6.07) is 20.5. The van der Waals surface area contributed by atoms with E-state index in [4.69, 9.17) is 4.99 Å². The normalized spacial score (nSPS) is 14.1. The van der Waals surface area contributed by atoms with Gasteiger partial charge in [0.15, 0.2) is 0 Å². The molecule has 0 radical (unpaired) electrons. The maximum atomic E-state index is 4.92. The summed E-state index contributed by atoms with van der Waals surface area (Å²) < 4.78 is 0. The highest BCUT2D eigenvalue weighted by Crippen LogP contribution is 2.23. The second-order valence-corrected chi connectivity index (χ2v) is 5.88. The van der Waals surface area contributed by atoms with Gasteiger partial charge in [0.1, 0.15) is 0 Å². The molecule has 0 bridgehead atoms. The van der Waals surface area contributed by atoms with Gasteiger partial charge in [0.25, 0.3) is 0 Å². The summed E-state index contributed by atoms with van der Waals surface area (Å²) in [4.78, 5) is 4.92. The molecule has 0 fully saturated rings. The van der Waals surface area contributed by atoms with E-state index in [1.165, 1.54) is 0 Å². The van der Waals surface area contributed by atoms with E-state index in [0.717, 1.165) is 28.1 Å². The van der Waals surface area contributed by atoms with Crippen molar-refractivity contribution in [2.24, 2.45) is 10.9 Å². The molecule has 2 aromatic carbocycles. The number of aliphatic imine (C=N–C) groups is 1. The molecule has 0 unspecified atom stereocenters. The van der Waals surface area contributed by atoms with Crippen LogP contribution in [0.25, 0.3) is 5.70 Å². The van der Waals surface area contributed by atoms with Crippen LogP contribution in [0.2, 0.25) is 0 Å². The van der Waals surface area contributed by atoms with Crippen molar-refractivity contribution < 1.29 is 0 Å². The lowest BCUT2D eigenvalue weighted by Crippen LogP contribution is -1.98. The van der Waals surface area contributed by atoms with Crippen LogP contribution in [-0.2, 0) is 0 Å². The smallest absolute Gasteiger partial charge is 0.0671 e. The van der Waals surface area contributed by atoms with Crippen molar-refractivity contribution in [3.63, 3.8) is 0 Å². The quantitative estimate of drug-likeness (QED) is 0.408. The zero-order valence-electron chi connectivity index (χ0n) is 15.0. The molecular weight excluding hydrogens is 302 g/mol. The Morgan fingerprint density at radius 1 is 0.920 bits per heavy atom. The van der Waals surface area contributed by atoms with E-state index < -0.39 is 0 Å². The van der Waals surface area contributed by atoms with Crippen LogP contribution in [0.3, 0.4) is 0 Å². The van der Waals surface area contributed by atoms with Gasteiger partial charge in [-0.1, -0.05) is 105 Å². The first-order chi connectivity index (χ1) is 12.2. The van der Waals surface area contributed by atoms with Crippen molar-refractivity contribution in [1.82, 2.24) is 0 Å². The Kier molecular flexibility index (Phi) is 6.91. The van der Waals surface area contributed by atoms with Gasteiger partial charge in [-0.3, -0.25) is 4.99 Å². The number of hydrogen-bond donors (Lipinski definition) is 0. The first-order valence-electron chi connectivity index (χ1n) is 8.48. The molecule has 0 aliphatic carbocycles. The van der Waals surface area contributed by atoms with Gasteiger partial charge in [-0.05, 0) is 23.6 Å². The summed E-state index contributed by atoms with van der Waals surface area (Å²) in [6.45, 7) is 11.9. The second kappa shape index (κ2) is 9.39. The van der Waals surface area contributed by atoms with Gasteiger partial charge in [-0.15, -0.1) is 0 Å². The van der Waals surface area contributed by atoms with Crippen molar-refractivity contribution in [3.05, 3.63) is 115 Å². The highest BCUT2D eigenvalue weighted by Gasteiger charge is 2.07. The van der Waals surface area contributed by atoms with Crippen LogP contribution in [0.1, 0.15) is 25.0 Å². The van der Waals surface area contributed by atoms with Gasteiger partial charge in [0.2, 0.25) is 0 Å². The van der Waals surface area contributed by atoms with E-state index in [1.807, 2.05) is 55.5 Å². The topological polar surface area (TPSA) is 12.4 Å². The van der Waals surface area contributed by atoms with Crippen LogP contribution in [0, 0.1) is 5.92 Å². The first kappa shape index (κ1) is 18.4. The number of hydrogen-bond acceptors (Lipinski definition) is 1. The van der Waals surface area contributed by atoms with Crippen LogP contribution in [0.5, 0.6) is 0 Å². The van der Waals surface area contributed by atoms with E-state index in [2.05, 4.69) is 50.4 Å². The molecule has 0 aromatic heterocycles. The zero-order valence-corrected chi connectivity index (χ0v) is 15.0. The van der Waals surface area contributed by atoms with Crippen LogP contribution in [0.15, 0.2) is 109 Å². The molecule has 0 N–H and O–H groups in total. The molecule has 2 rings (SSSR count). The minimum absolute atomic E-state index is 0.193. The third-order valence-electron chi connectivity index (χ3n) is 4.03. The fourth-order valence-corrected chi connectivity index (χ4v) is 2.61. The van der Waals surface area contributed by atoms with Gasteiger partial charge in [-0.25, -0.2) is 0 Å². The van der Waals surface area contributed by atoms with Gasteiger partial charge < -0.3 is 0 Å². The molecule has 0 aliphatic rings. The van der Waals surface area contributed by atoms with Crippen molar-refractivity contribution in [1.29, 1.82) is 0 Å². The molecule has 1 heteroatoms. The Hall–Kier alpha value is -2.93. The molecule has 25 heavy (non-hydrogen) atoms. The average molecular weight is 327 g/mol. The van der Waals surface area contributed by atoms with E-state index in [9.17, 15) is 0 Å². The fraction of sp³-hybridized carbons (Fsp3) is 0.125. The predicted octanol–water partition coefficient (Wildman–Crippen LogP) is 6.47. The molecule has 126 valence electrons. The summed E-state index contributed by atoms with van der Waals surface area (Å²) in [7, 11) is 0. The van der Waals surface area contributed by atoms with E-state index in [1.54, 1.807) is 6.08 Å². The molecule has 0 saturated heterocycles. The highest BCUT2D eigenvalue weighted by molar-refractivity contribution is 6.01. The number of rotatable bonds is 7. The van der Waals surface area contributed by atoms with Gasteiger partial charge >= 0.3 is 0 Å². The van der Waals surface area contributed by atoms with E-state index >= 15 is 0 Å². The fourth-order valence-electron chi connectivity index (χ4n) is 2.61. The Morgan fingerprint density at radius 2 is 1.48 bits per heavy atom. The maximum Gasteiger partial charge on any atom is 0.0671 e. The minimum atomic E-state index is 0.193. The van der Waals surface area contributed by atoms with Crippen LogP contribution < -0.4 is 0 Å². The van der Waals surface area contributed by atoms with Gasteiger partial charge in [-0.2, -0.15) is 0 Å². The highest BCUT2D eigenvalue weighted by atomic mass is 14.8. The van der Waals surface area contributed by atoms with E-state index in [-0.39, 0.29) is 5.92 Å². The van der Waals surface area contributed by atoms with Gasteiger partial charge in [0, 0.05) is 11.6 Å². The predicted molar refractivity (Wildman–Crippen MR) is 111 cm³/mol. The number of nitrogens with zero attached hydrogens (tertiary/aromatic N) is 1. The maximum absolute atomic E-state index is 4.92. The Labute approximate surface area is 151 Å².